The summed E-state index contributed by atoms with van der Waals surface area (Å²) in [5, 5.41) is 4.07. The molecule has 134 valence electrons. The van der Waals surface area contributed by atoms with E-state index in [1.54, 1.807) is 17.7 Å². The summed E-state index contributed by atoms with van der Waals surface area (Å²) in [6.07, 6.45) is 4.44. The Labute approximate surface area is 157 Å². The van der Waals surface area contributed by atoms with Crippen LogP contribution in [0.3, 0.4) is 0 Å². The molecular weight excluding hydrogens is 344 g/mol. The second kappa shape index (κ2) is 7.41. The summed E-state index contributed by atoms with van der Waals surface area (Å²) in [5.74, 6) is 0.984. The number of carbonyl (C=O) groups excluding carboxylic acids is 1. The Balaban J connectivity index is 1.70. The molecule has 4 rings (SSSR count). The SMILES string of the molecule is CCCNC(=O)[C@@H]1CCCN1c1ncnc2sc(-c3ccccc3)cc12. The van der Waals surface area contributed by atoms with Gasteiger partial charge in [-0.05, 0) is 30.9 Å². The van der Waals surface area contributed by atoms with Gasteiger partial charge in [0.15, 0.2) is 0 Å². The number of fused-ring (bicyclic) bond motifs is 1. The quantitative estimate of drug-likeness (QED) is 0.745. The Morgan fingerprint density at radius 1 is 1.31 bits per heavy atom. The molecule has 1 amide bonds. The number of rotatable bonds is 5. The number of aromatic nitrogens is 2. The topological polar surface area (TPSA) is 58.1 Å². The van der Waals surface area contributed by atoms with Crippen LogP contribution in [-0.2, 0) is 4.79 Å². The lowest BCUT2D eigenvalue weighted by atomic mass is 10.1. The third kappa shape index (κ3) is 3.17. The second-order valence-electron chi connectivity index (χ2n) is 6.54. The summed E-state index contributed by atoms with van der Waals surface area (Å²) in [5.41, 5.74) is 1.18. The van der Waals surface area contributed by atoms with Gasteiger partial charge in [-0.2, -0.15) is 0 Å². The first-order valence-electron chi connectivity index (χ1n) is 9.12. The third-order valence-electron chi connectivity index (χ3n) is 4.74. The van der Waals surface area contributed by atoms with Gasteiger partial charge >= 0.3 is 0 Å². The van der Waals surface area contributed by atoms with E-state index in [0.717, 1.165) is 48.4 Å². The van der Waals surface area contributed by atoms with Crippen LogP contribution in [0.2, 0.25) is 0 Å². The first-order chi connectivity index (χ1) is 12.8. The van der Waals surface area contributed by atoms with Crippen LogP contribution in [0.5, 0.6) is 0 Å². The Morgan fingerprint density at radius 2 is 2.15 bits per heavy atom. The van der Waals surface area contributed by atoms with Gasteiger partial charge in [0.2, 0.25) is 5.91 Å². The summed E-state index contributed by atoms with van der Waals surface area (Å²) >= 11 is 1.67. The molecule has 3 aromatic rings. The van der Waals surface area contributed by atoms with Crippen LogP contribution in [0, 0.1) is 0 Å². The Hall–Kier alpha value is -2.47. The molecule has 1 aromatic carbocycles. The fourth-order valence-electron chi connectivity index (χ4n) is 3.48. The monoisotopic (exact) mass is 366 g/mol. The summed E-state index contributed by atoms with van der Waals surface area (Å²) in [4.78, 5) is 25.9. The van der Waals surface area contributed by atoms with Crippen LogP contribution in [-0.4, -0.2) is 35.0 Å². The van der Waals surface area contributed by atoms with Crippen molar-refractivity contribution in [3.63, 3.8) is 0 Å². The number of nitrogens with one attached hydrogen (secondary N) is 1. The molecular formula is C20H22N4OS. The zero-order valence-electron chi connectivity index (χ0n) is 14.8. The van der Waals surface area contributed by atoms with Crippen molar-refractivity contribution in [1.29, 1.82) is 0 Å². The molecule has 5 nitrogen and oxygen atoms in total. The van der Waals surface area contributed by atoms with Crippen LogP contribution < -0.4 is 10.2 Å². The summed E-state index contributed by atoms with van der Waals surface area (Å²) in [7, 11) is 0. The van der Waals surface area contributed by atoms with Crippen molar-refractivity contribution in [3.05, 3.63) is 42.7 Å². The lowest BCUT2D eigenvalue weighted by Gasteiger charge is -2.25. The maximum Gasteiger partial charge on any atom is 0.242 e. The molecule has 1 saturated heterocycles. The molecule has 3 heterocycles. The van der Waals surface area contributed by atoms with Crippen molar-refractivity contribution >= 4 is 33.3 Å². The highest BCUT2D eigenvalue weighted by Crippen LogP contribution is 2.37. The summed E-state index contributed by atoms with van der Waals surface area (Å²) in [6.45, 7) is 3.64. The molecule has 26 heavy (non-hydrogen) atoms. The van der Waals surface area contributed by atoms with Crippen LogP contribution in [0.1, 0.15) is 26.2 Å². The van der Waals surface area contributed by atoms with Gasteiger partial charge in [-0.25, -0.2) is 9.97 Å². The number of carbonyl (C=O) groups is 1. The average Bonchev–Trinajstić information content (AvgIpc) is 3.33. The third-order valence-corrected chi connectivity index (χ3v) is 5.84. The van der Waals surface area contributed by atoms with Gasteiger partial charge < -0.3 is 10.2 Å². The molecule has 1 aliphatic heterocycles. The van der Waals surface area contributed by atoms with Crippen LogP contribution >= 0.6 is 11.3 Å². The molecule has 2 aromatic heterocycles. The van der Waals surface area contributed by atoms with E-state index in [2.05, 4.69) is 45.3 Å². The predicted molar refractivity (Wildman–Crippen MR) is 107 cm³/mol. The normalized spacial score (nSPS) is 17.0. The molecule has 0 saturated carbocycles. The van der Waals surface area contributed by atoms with Crippen molar-refractivity contribution in [3.8, 4) is 10.4 Å². The highest BCUT2D eigenvalue weighted by molar-refractivity contribution is 7.21. The number of amides is 1. The van der Waals surface area contributed by atoms with E-state index in [1.807, 2.05) is 18.2 Å². The minimum absolute atomic E-state index is 0.106. The molecule has 1 fully saturated rings. The van der Waals surface area contributed by atoms with Gasteiger partial charge in [0.25, 0.3) is 0 Å². The fraction of sp³-hybridized carbons (Fsp3) is 0.350. The van der Waals surface area contributed by atoms with E-state index >= 15 is 0 Å². The first-order valence-corrected chi connectivity index (χ1v) is 9.94. The maximum absolute atomic E-state index is 12.6. The zero-order valence-corrected chi connectivity index (χ0v) is 15.6. The highest BCUT2D eigenvalue weighted by Gasteiger charge is 2.32. The fourth-order valence-corrected chi connectivity index (χ4v) is 4.47. The molecule has 0 radical (unpaired) electrons. The molecule has 0 bridgehead atoms. The number of hydrogen-bond donors (Lipinski definition) is 1. The number of nitrogens with zero attached hydrogens (tertiary/aromatic N) is 3. The predicted octanol–water partition coefficient (Wildman–Crippen LogP) is 3.85. The molecule has 0 aliphatic carbocycles. The van der Waals surface area contributed by atoms with Gasteiger partial charge in [0, 0.05) is 18.0 Å². The van der Waals surface area contributed by atoms with Crippen molar-refractivity contribution in [1.82, 2.24) is 15.3 Å². The van der Waals surface area contributed by atoms with Gasteiger partial charge in [-0.15, -0.1) is 11.3 Å². The Kier molecular flexibility index (Phi) is 4.84. The lowest BCUT2D eigenvalue weighted by molar-refractivity contribution is -0.122. The standard InChI is InChI=1S/C20H22N4OS/c1-2-10-21-19(25)16-9-6-11-24(16)18-15-12-17(14-7-4-3-5-8-14)26-20(15)23-13-22-18/h3-5,7-8,12-13,16H,2,6,9-11H2,1H3,(H,21,25)/t16-/m0/s1. The van der Waals surface area contributed by atoms with Crippen molar-refractivity contribution in [2.75, 3.05) is 18.0 Å². The molecule has 1 aliphatic rings. The van der Waals surface area contributed by atoms with E-state index in [0.29, 0.717) is 0 Å². The minimum atomic E-state index is -0.139. The van der Waals surface area contributed by atoms with Gasteiger partial charge in [0.05, 0.1) is 5.39 Å². The maximum atomic E-state index is 12.6. The molecule has 1 atom stereocenters. The van der Waals surface area contributed by atoms with E-state index in [9.17, 15) is 4.79 Å². The van der Waals surface area contributed by atoms with Gasteiger partial charge in [-0.1, -0.05) is 37.3 Å². The number of anilines is 1. The van der Waals surface area contributed by atoms with Crippen LogP contribution in [0.4, 0.5) is 5.82 Å². The first kappa shape index (κ1) is 17.0. The molecule has 6 heteroatoms. The van der Waals surface area contributed by atoms with Crippen LogP contribution in [0.25, 0.3) is 20.7 Å². The number of benzene rings is 1. The zero-order chi connectivity index (χ0) is 17.9. The molecule has 0 unspecified atom stereocenters. The molecule has 1 N–H and O–H groups in total. The number of thiophene rings is 1. The second-order valence-corrected chi connectivity index (χ2v) is 7.57. The van der Waals surface area contributed by atoms with Crippen LogP contribution in [0.15, 0.2) is 42.7 Å². The Morgan fingerprint density at radius 3 is 2.96 bits per heavy atom. The van der Waals surface area contributed by atoms with Crippen molar-refractivity contribution in [2.24, 2.45) is 0 Å². The smallest absolute Gasteiger partial charge is 0.242 e. The van der Waals surface area contributed by atoms with Gasteiger partial charge in [-0.3, -0.25) is 4.79 Å². The van der Waals surface area contributed by atoms with Gasteiger partial charge in [0.1, 0.15) is 23.0 Å². The van der Waals surface area contributed by atoms with E-state index < -0.39 is 0 Å². The Bertz CT molecular complexity index is 909. The lowest BCUT2D eigenvalue weighted by Crippen LogP contribution is -2.44. The summed E-state index contributed by atoms with van der Waals surface area (Å²) < 4.78 is 0. The largest absolute Gasteiger partial charge is 0.354 e. The van der Waals surface area contributed by atoms with E-state index in [1.165, 1.54) is 10.4 Å². The van der Waals surface area contributed by atoms with E-state index in [-0.39, 0.29) is 11.9 Å². The highest BCUT2D eigenvalue weighted by atomic mass is 32.1. The van der Waals surface area contributed by atoms with Crippen molar-refractivity contribution < 1.29 is 4.79 Å². The number of hydrogen-bond acceptors (Lipinski definition) is 5. The van der Waals surface area contributed by atoms with E-state index in [4.69, 9.17) is 0 Å². The average molecular weight is 366 g/mol. The minimum Gasteiger partial charge on any atom is -0.354 e. The summed E-state index contributed by atoms with van der Waals surface area (Å²) in [6, 6.07) is 12.3. The van der Waals surface area contributed by atoms with Crippen molar-refractivity contribution in [2.45, 2.75) is 32.2 Å². The molecule has 0 spiro atoms.